The van der Waals surface area contributed by atoms with Crippen molar-refractivity contribution < 1.29 is 30.7 Å². The molecule has 0 bridgehead atoms. The van der Waals surface area contributed by atoms with E-state index in [1.54, 1.807) is 0 Å². The van der Waals surface area contributed by atoms with Crippen molar-refractivity contribution in [2.24, 2.45) is 5.73 Å². The van der Waals surface area contributed by atoms with Crippen LogP contribution in [0, 0.1) is 0 Å². The Morgan fingerprint density at radius 2 is 1.50 bits per heavy atom. The van der Waals surface area contributed by atoms with E-state index in [4.69, 9.17) is 14.8 Å². The van der Waals surface area contributed by atoms with E-state index < -0.39 is 35.8 Å². The van der Waals surface area contributed by atoms with Gasteiger partial charge in [-0.2, -0.15) is 16.8 Å². The number of hydrogen-bond donors (Lipinski definition) is 3. The molecule has 0 spiro atoms. The van der Waals surface area contributed by atoms with Crippen LogP contribution in [0.25, 0.3) is 0 Å². The van der Waals surface area contributed by atoms with Crippen LogP contribution in [0.2, 0.25) is 0 Å². The number of rotatable bonds is 4. The summed E-state index contributed by atoms with van der Waals surface area (Å²) < 4.78 is 67.1. The zero-order valence-corrected chi connectivity index (χ0v) is 10.8. The standard InChI is InChI=1S/C8H11NO7S2/c1-16-8-6(17(10,11)12)2-5(4-9)3-7(8)18(13,14)15/h2-3H,4,9H2,1H3,(H,10,11,12)(H,13,14,15). The molecule has 18 heavy (non-hydrogen) atoms. The van der Waals surface area contributed by atoms with Crippen molar-refractivity contribution in [3.05, 3.63) is 17.7 Å². The molecule has 4 N–H and O–H groups in total. The predicted molar refractivity (Wildman–Crippen MR) is 60.5 cm³/mol. The van der Waals surface area contributed by atoms with Crippen molar-refractivity contribution in [3.8, 4) is 5.75 Å². The van der Waals surface area contributed by atoms with Gasteiger partial charge in [0.05, 0.1) is 7.11 Å². The largest absolute Gasteiger partial charge is 0.494 e. The first-order chi connectivity index (χ1) is 8.11. The zero-order chi connectivity index (χ0) is 14.1. The average Bonchev–Trinajstić information content (AvgIpc) is 2.24. The number of hydrogen-bond acceptors (Lipinski definition) is 6. The molecule has 1 rings (SSSR count). The molecule has 0 aliphatic carbocycles. The lowest BCUT2D eigenvalue weighted by Crippen LogP contribution is -2.10. The Balaban J connectivity index is 3.84. The predicted octanol–water partition coefficient (Wildman–Crippen LogP) is -0.353. The summed E-state index contributed by atoms with van der Waals surface area (Å²) in [7, 11) is -8.43. The molecule has 102 valence electrons. The van der Waals surface area contributed by atoms with E-state index in [1.165, 1.54) is 0 Å². The van der Waals surface area contributed by atoms with Gasteiger partial charge in [0.15, 0.2) is 5.75 Å². The lowest BCUT2D eigenvalue weighted by molar-refractivity contribution is 0.381. The molecule has 0 aliphatic rings. The fraction of sp³-hybridized carbons (Fsp3) is 0.250. The van der Waals surface area contributed by atoms with Crippen LogP contribution in [0.4, 0.5) is 0 Å². The molecule has 0 heterocycles. The first kappa shape index (κ1) is 14.9. The smallest absolute Gasteiger partial charge is 0.298 e. The molecule has 0 fully saturated rings. The normalized spacial score (nSPS) is 12.4. The van der Waals surface area contributed by atoms with Crippen LogP contribution < -0.4 is 10.5 Å². The fourth-order valence-electron chi connectivity index (χ4n) is 1.33. The summed E-state index contributed by atoms with van der Waals surface area (Å²) in [6, 6.07) is 1.92. The van der Waals surface area contributed by atoms with Crippen LogP contribution >= 0.6 is 0 Å². The van der Waals surface area contributed by atoms with Crippen LogP contribution in [0.1, 0.15) is 5.56 Å². The Kier molecular flexibility index (Phi) is 3.98. The minimum absolute atomic E-state index is 0.0936. The number of ether oxygens (including phenoxy) is 1. The van der Waals surface area contributed by atoms with E-state index in [0.717, 1.165) is 19.2 Å². The maximum atomic E-state index is 11.1. The van der Waals surface area contributed by atoms with Crippen molar-refractivity contribution in [1.29, 1.82) is 0 Å². The van der Waals surface area contributed by atoms with Crippen molar-refractivity contribution >= 4 is 20.2 Å². The molecule has 0 unspecified atom stereocenters. The fourth-order valence-corrected chi connectivity index (χ4v) is 2.85. The summed E-state index contributed by atoms with van der Waals surface area (Å²) >= 11 is 0. The Morgan fingerprint density at radius 1 is 1.11 bits per heavy atom. The highest BCUT2D eigenvalue weighted by Gasteiger charge is 2.26. The van der Waals surface area contributed by atoms with Gasteiger partial charge in [-0.25, -0.2) is 0 Å². The summed E-state index contributed by atoms with van der Waals surface area (Å²) in [6.45, 7) is -0.185. The molecule has 1 aromatic carbocycles. The third-order valence-corrected chi connectivity index (χ3v) is 3.79. The summed E-state index contributed by atoms with van der Waals surface area (Å²) in [6.07, 6.45) is 0. The molecule has 0 amide bonds. The van der Waals surface area contributed by atoms with Crippen LogP contribution in [-0.4, -0.2) is 33.1 Å². The van der Waals surface area contributed by atoms with Gasteiger partial charge in [0.25, 0.3) is 20.2 Å². The second-order valence-corrected chi connectivity index (χ2v) is 6.06. The van der Waals surface area contributed by atoms with Crippen molar-refractivity contribution in [2.45, 2.75) is 16.3 Å². The third kappa shape index (κ3) is 2.97. The van der Waals surface area contributed by atoms with E-state index in [1.807, 2.05) is 0 Å². The quantitative estimate of drug-likeness (QED) is 0.639. The first-order valence-corrected chi connectivity index (χ1v) is 7.35. The third-order valence-electron chi connectivity index (χ3n) is 2.08. The highest BCUT2D eigenvalue weighted by atomic mass is 32.2. The van der Waals surface area contributed by atoms with Gasteiger partial charge >= 0.3 is 0 Å². The van der Waals surface area contributed by atoms with Gasteiger partial charge in [-0.1, -0.05) is 0 Å². The topological polar surface area (TPSA) is 144 Å². The van der Waals surface area contributed by atoms with E-state index in [9.17, 15) is 16.8 Å². The van der Waals surface area contributed by atoms with E-state index in [0.29, 0.717) is 0 Å². The molecule has 0 aromatic heterocycles. The molecule has 0 radical (unpaired) electrons. The second kappa shape index (κ2) is 4.82. The maximum absolute atomic E-state index is 11.1. The van der Waals surface area contributed by atoms with Crippen LogP contribution in [0.3, 0.4) is 0 Å². The highest BCUT2D eigenvalue weighted by Crippen LogP contribution is 2.32. The SMILES string of the molecule is COc1c(S(=O)(=O)O)cc(CN)cc1S(=O)(=O)O. The summed E-state index contributed by atoms with van der Waals surface area (Å²) in [4.78, 5) is -1.55. The summed E-state index contributed by atoms with van der Waals surface area (Å²) in [5, 5.41) is 0. The Morgan fingerprint density at radius 3 is 1.72 bits per heavy atom. The summed E-state index contributed by atoms with van der Waals surface area (Å²) in [5.74, 6) is -0.669. The lowest BCUT2D eigenvalue weighted by atomic mass is 10.2. The molecular formula is C8H11NO7S2. The van der Waals surface area contributed by atoms with Gasteiger partial charge in [-0.15, -0.1) is 0 Å². The van der Waals surface area contributed by atoms with Crippen molar-refractivity contribution in [2.75, 3.05) is 7.11 Å². The van der Waals surface area contributed by atoms with Crippen molar-refractivity contribution in [3.63, 3.8) is 0 Å². The van der Waals surface area contributed by atoms with Gasteiger partial charge in [-0.05, 0) is 17.7 Å². The molecule has 0 aliphatic heterocycles. The molecule has 10 heteroatoms. The number of methoxy groups -OCH3 is 1. The van der Waals surface area contributed by atoms with Gasteiger partial charge < -0.3 is 10.5 Å². The van der Waals surface area contributed by atoms with Gasteiger partial charge in [0, 0.05) is 6.54 Å². The van der Waals surface area contributed by atoms with Crippen LogP contribution in [0.15, 0.2) is 21.9 Å². The Bertz CT molecular complexity index is 610. The number of nitrogens with two attached hydrogens (primary N) is 1. The number of benzene rings is 1. The second-order valence-electron chi connectivity index (χ2n) is 3.28. The van der Waals surface area contributed by atoms with Crippen LogP contribution in [0.5, 0.6) is 5.75 Å². The van der Waals surface area contributed by atoms with Crippen molar-refractivity contribution in [1.82, 2.24) is 0 Å². The molecule has 8 nitrogen and oxygen atoms in total. The van der Waals surface area contributed by atoms with Gasteiger partial charge in [0.1, 0.15) is 9.79 Å². The van der Waals surface area contributed by atoms with E-state index >= 15 is 0 Å². The Hall–Kier alpha value is -1.20. The molecule has 0 saturated heterocycles. The maximum Gasteiger partial charge on any atom is 0.298 e. The van der Waals surface area contributed by atoms with E-state index in [-0.39, 0.29) is 12.1 Å². The first-order valence-electron chi connectivity index (χ1n) is 4.47. The molecular weight excluding hydrogens is 286 g/mol. The van der Waals surface area contributed by atoms with E-state index in [2.05, 4.69) is 4.74 Å². The molecule has 1 aromatic rings. The monoisotopic (exact) mass is 297 g/mol. The van der Waals surface area contributed by atoms with Crippen LogP contribution in [-0.2, 0) is 26.8 Å². The lowest BCUT2D eigenvalue weighted by Gasteiger charge is -2.11. The summed E-state index contributed by atoms with van der Waals surface area (Å²) in [5.41, 5.74) is 5.37. The zero-order valence-electron chi connectivity index (χ0n) is 9.19. The minimum Gasteiger partial charge on any atom is -0.494 e. The van der Waals surface area contributed by atoms with Gasteiger partial charge in [-0.3, -0.25) is 9.11 Å². The molecule has 0 atom stereocenters. The minimum atomic E-state index is -4.72. The molecule has 0 saturated carbocycles. The van der Waals surface area contributed by atoms with Gasteiger partial charge in [0.2, 0.25) is 0 Å². The average molecular weight is 297 g/mol. The Labute approximate surface area is 104 Å². The highest BCUT2D eigenvalue weighted by molar-refractivity contribution is 7.86.